The van der Waals surface area contributed by atoms with Gasteiger partial charge in [0.25, 0.3) is 0 Å². The van der Waals surface area contributed by atoms with Crippen LogP contribution in [0.1, 0.15) is 58.2 Å². The third-order valence-electron chi connectivity index (χ3n) is 4.25. The maximum atomic E-state index is 12.5. The molecule has 0 bridgehead atoms. The summed E-state index contributed by atoms with van der Waals surface area (Å²) in [6.07, 6.45) is 0.0976. The standard InChI is InChI=1S/C21H29ClN2O4/c1-12(2)9-15(19(25)27-6)18-16(11-23-20(26)28-21(3,4)5)14-10-13(22)7-8-17(14)24-18/h7-8,10,12,15,24H,9,11H2,1-6H3,(H,23,26). The molecule has 2 aromatic rings. The zero-order valence-electron chi connectivity index (χ0n) is 17.3. The lowest BCUT2D eigenvalue weighted by Gasteiger charge is -2.21. The SMILES string of the molecule is COC(=O)C(CC(C)C)c1[nH]c2ccc(Cl)cc2c1CNC(=O)OC(C)(C)C. The highest BCUT2D eigenvalue weighted by Gasteiger charge is 2.28. The number of H-pyrrole nitrogens is 1. The Balaban J connectivity index is 2.45. The number of amides is 1. The van der Waals surface area contributed by atoms with Crippen molar-refractivity contribution in [3.63, 3.8) is 0 Å². The number of fused-ring (bicyclic) bond motifs is 1. The van der Waals surface area contributed by atoms with E-state index >= 15 is 0 Å². The molecule has 28 heavy (non-hydrogen) atoms. The van der Waals surface area contributed by atoms with Gasteiger partial charge in [0.2, 0.25) is 0 Å². The van der Waals surface area contributed by atoms with E-state index in [2.05, 4.69) is 10.3 Å². The fourth-order valence-electron chi connectivity index (χ4n) is 3.15. The first-order valence-electron chi connectivity index (χ1n) is 9.36. The third-order valence-corrected chi connectivity index (χ3v) is 4.49. The predicted octanol–water partition coefficient (Wildman–Crippen LogP) is 5.15. The Hall–Kier alpha value is -2.21. The Morgan fingerprint density at radius 3 is 2.50 bits per heavy atom. The number of carbonyl (C=O) groups is 2. The van der Waals surface area contributed by atoms with Crippen LogP contribution in [0.2, 0.25) is 5.02 Å². The molecule has 0 spiro atoms. The topological polar surface area (TPSA) is 80.4 Å². The van der Waals surface area contributed by atoms with Crippen molar-refractivity contribution in [1.82, 2.24) is 10.3 Å². The molecule has 1 aromatic carbocycles. The van der Waals surface area contributed by atoms with Crippen LogP contribution in [0.15, 0.2) is 18.2 Å². The Labute approximate surface area is 170 Å². The van der Waals surface area contributed by atoms with Gasteiger partial charge < -0.3 is 19.8 Å². The molecule has 1 amide bonds. The molecule has 154 valence electrons. The van der Waals surface area contributed by atoms with E-state index in [9.17, 15) is 9.59 Å². The van der Waals surface area contributed by atoms with Gasteiger partial charge in [0.05, 0.1) is 13.0 Å². The molecule has 1 unspecified atom stereocenters. The molecular formula is C21H29ClN2O4. The second kappa shape index (κ2) is 8.86. The Bertz CT molecular complexity index is 852. The summed E-state index contributed by atoms with van der Waals surface area (Å²) in [7, 11) is 1.38. The zero-order valence-corrected chi connectivity index (χ0v) is 18.1. The number of esters is 1. The van der Waals surface area contributed by atoms with Crippen molar-refractivity contribution in [3.05, 3.63) is 34.5 Å². The van der Waals surface area contributed by atoms with Crippen molar-refractivity contribution in [2.45, 2.75) is 59.1 Å². The average Bonchev–Trinajstić information content (AvgIpc) is 2.93. The second-order valence-corrected chi connectivity index (χ2v) is 8.70. The number of carbonyl (C=O) groups excluding carboxylic acids is 2. The van der Waals surface area contributed by atoms with Crippen LogP contribution in [0, 0.1) is 5.92 Å². The van der Waals surface area contributed by atoms with E-state index in [1.807, 2.05) is 26.0 Å². The summed E-state index contributed by atoms with van der Waals surface area (Å²) >= 11 is 6.19. The first kappa shape index (κ1) is 22.1. The van der Waals surface area contributed by atoms with Crippen LogP contribution in [0.5, 0.6) is 0 Å². The number of aromatic nitrogens is 1. The maximum absolute atomic E-state index is 12.5. The third kappa shape index (κ3) is 5.64. The average molecular weight is 409 g/mol. The van der Waals surface area contributed by atoms with Gasteiger partial charge in [0, 0.05) is 33.7 Å². The number of nitrogens with one attached hydrogen (secondary N) is 2. The van der Waals surface area contributed by atoms with Gasteiger partial charge in [-0.15, -0.1) is 0 Å². The summed E-state index contributed by atoms with van der Waals surface area (Å²) in [5, 5.41) is 4.22. The largest absolute Gasteiger partial charge is 0.469 e. The van der Waals surface area contributed by atoms with E-state index in [0.29, 0.717) is 11.4 Å². The summed E-state index contributed by atoms with van der Waals surface area (Å²) in [5.74, 6) is -0.498. The lowest BCUT2D eigenvalue weighted by Crippen LogP contribution is -2.32. The van der Waals surface area contributed by atoms with Crippen LogP contribution in [0.25, 0.3) is 10.9 Å². The van der Waals surface area contributed by atoms with E-state index in [-0.39, 0.29) is 18.4 Å². The van der Waals surface area contributed by atoms with Crippen molar-refractivity contribution >= 4 is 34.6 Å². The highest BCUT2D eigenvalue weighted by molar-refractivity contribution is 6.31. The quantitative estimate of drug-likeness (QED) is 0.648. The van der Waals surface area contributed by atoms with Crippen LogP contribution in [0.3, 0.4) is 0 Å². The van der Waals surface area contributed by atoms with Crippen molar-refractivity contribution in [3.8, 4) is 0 Å². The summed E-state index contributed by atoms with van der Waals surface area (Å²) < 4.78 is 10.4. The number of rotatable bonds is 6. The van der Waals surface area contributed by atoms with Gasteiger partial charge in [0.15, 0.2) is 0 Å². The molecule has 1 heterocycles. The fraction of sp³-hybridized carbons (Fsp3) is 0.524. The number of ether oxygens (including phenoxy) is 2. The number of methoxy groups -OCH3 is 1. The van der Waals surface area contributed by atoms with Gasteiger partial charge in [0.1, 0.15) is 5.60 Å². The highest BCUT2D eigenvalue weighted by atomic mass is 35.5. The molecule has 2 rings (SSSR count). The van der Waals surface area contributed by atoms with Gasteiger partial charge in [-0.2, -0.15) is 0 Å². The summed E-state index contributed by atoms with van der Waals surface area (Å²) in [6, 6.07) is 5.47. The Morgan fingerprint density at radius 1 is 1.25 bits per heavy atom. The van der Waals surface area contributed by atoms with E-state index in [4.69, 9.17) is 21.1 Å². The zero-order chi connectivity index (χ0) is 21.1. The number of hydrogen-bond donors (Lipinski definition) is 2. The minimum absolute atomic E-state index is 0.205. The molecule has 1 atom stereocenters. The molecule has 6 nitrogen and oxygen atoms in total. The van der Waals surface area contributed by atoms with E-state index < -0.39 is 17.6 Å². The molecule has 1 aromatic heterocycles. The molecule has 0 fully saturated rings. The van der Waals surface area contributed by atoms with Gasteiger partial charge in [-0.1, -0.05) is 25.4 Å². The van der Waals surface area contributed by atoms with Gasteiger partial charge in [-0.3, -0.25) is 4.79 Å². The molecule has 0 aliphatic rings. The smallest absolute Gasteiger partial charge is 0.407 e. The minimum atomic E-state index is -0.595. The molecular weight excluding hydrogens is 380 g/mol. The number of alkyl carbamates (subject to hydrolysis) is 1. The maximum Gasteiger partial charge on any atom is 0.407 e. The van der Waals surface area contributed by atoms with Gasteiger partial charge in [-0.05, 0) is 51.3 Å². The number of benzene rings is 1. The van der Waals surface area contributed by atoms with E-state index in [1.54, 1.807) is 26.8 Å². The normalized spacial score (nSPS) is 12.9. The summed E-state index contributed by atoms with van der Waals surface area (Å²) in [4.78, 5) is 28.0. The molecule has 0 aliphatic carbocycles. The lowest BCUT2D eigenvalue weighted by atomic mass is 9.91. The van der Waals surface area contributed by atoms with Crippen LogP contribution in [0.4, 0.5) is 4.79 Å². The highest BCUT2D eigenvalue weighted by Crippen LogP contribution is 2.33. The van der Waals surface area contributed by atoms with Gasteiger partial charge >= 0.3 is 12.1 Å². The van der Waals surface area contributed by atoms with Crippen LogP contribution < -0.4 is 5.32 Å². The minimum Gasteiger partial charge on any atom is -0.469 e. The summed E-state index contributed by atoms with van der Waals surface area (Å²) in [6.45, 7) is 9.72. The molecule has 0 saturated heterocycles. The molecule has 7 heteroatoms. The number of halogens is 1. The first-order chi connectivity index (χ1) is 13.0. The van der Waals surface area contributed by atoms with Gasteiger partial charge in [-0.25, -0.2) is 4.79 Å². The first-order valence-corrected chi connectivity index (χ1v) is 9.74. The monoisotopic (exact) mass is 408 g/mol. The van der Waals surface area contributed by atoms with E-state index in [1.165, 1.54) is 7.11 Å². The van der Waals surface area contributed by atoms with Crippen molar-refractivity contribution in [1.29, 1.82) is 0 Å². The van der Waals surface area contributed by atoms with E-state index in [0.717, 1.165) is 22.2 Å². The molecule has 0 aliphatic heterocycles. The number of aromatic amines is 1. The molecule has 0 saturated carbocycles. The van der Waals surface area contributed by atoms with Crippen LogP contribution in [-0.2, 0) is 20.8 Å². The van der Waals surface area contributed by atoms with Crippen molar-refractivity contribution in [2.75, 3.05) is 7.11 Å². The predicted molar refractivity (Wildman–Crippen MR) is 111 cm³/mol. The van der Waals surface area contributed by atoms with Crippen molar-refractivity contribution in [2.24, 2.45) is 5.92 Å². The lowest BCUT2D eigenvalue weighted by molar-refractivity contribution is -0.143. The number of hydrogen-bond acceptors (Lipinski definition) is 4. The molecule has 2 N–H and O–H groups in total. The van der Waals surface area contributed by atoms with Crippen LogP contribution in [-0.4, -0.2) is 29.8 Å². The van der Waals surface area contributed by atoms with Crippen LogP contribution >= 0.6 is 11.6 Å². The Morgan fingerprint density at radius 2 is 1.93 bits per heavy atom. The molecule has 0 radical (unpaired) electrons. The van der Waals surface area contributed by atoms with Crippen molar-refractivity contribution < 1.29 is 19.1 Å². The summed E-state index contributed by atoms with van der Waals surface area (Å²) in [5.41, 5.74) is 1.79. The fourth-order valence-corrected chi connectivity index (χ4v) is 3.32. The second-order valence-electron chi connectivity index (χ2n) is 8.27. The Kier molecular flexibility index (Phi) is 6.99.